The van der Waals surface area contributed by atoms with Crippen LogP contribution in [0, 0.1) is 11.6 Å². The highest BCUT2D eigenvalue weighted by atomic mass is 35.5. The smallest absolute Gasteiger partial charge is 0.143 e. The Morgan fingerprint density at radius 2 is 1.78 bits per heavy atom. The minimum atomic E-state index is -0.498. The van der Waals surface area contributed by atoms with Gasteiger partial charge >= 0.3 is 0 Å². The van der Waals surface area contributed by atoms with E-state index >= 15 is 0 Å². The van der Waals surface area contributed by atoms with Gasteiger partial charge in [-0.05, 0) is 31.2 Å². The Hall–Kier alpha value is -1.61. The highest BCUT2D eigenvalue weighted by Crippen LogP contribution is 2.24. The molecule has 1 N–H and O–H groups in total. The van der Waals surface area contributed by atoms with Crippen molar-refractivity contribution in [3.05, 3.63) is 64.7 Å². The molecule has 0 spiro atoms. The number of halogens is 3. The predicted molar refractivity (Wildman–Crippen MR) is 69.8 cm³/mol. The second-order valence-corrected chi connectivity index (χ2v) is 4.42. The molecule has 0 heterocycles. The van der Waals surface area contributed by atoms with E-state index in [1.165, 1.54) is 18.2 Å². The topological polar surface area (TPSA) is 12.0 Å². The van der Waals surface area contributed by atoms with Crippen molar-refractivity contribution in [3.8, 4) is 0 Å². The largest absolute Gasteiger partial charge is 0.378 e. The Bertz CT molecular complexity index is 557. The Labute approximate surface area is 109 Å². The zero-order chi connectivity index (χ0) is 13.1. The maximum absolute atomic E-state index is 13.6. The van der Waals surface area contributed by atoms with Gasteiger partial charge in [0.1, 0.15) is 11.6 Å². The molecule has 4 heteroatoms. The second kappa shape index (κ2) is 5.36. The summed E-state index contributed by atoms with van der Waals surface area (Å²) in [6.07, 6.45) is 0. The molecule has 1 unspecified atom stereocenters. The van der Waals surface area contributed by atoms with Crippen molar-refractivity contribution in [3.63, 3.8) is 0 Å². The lowest BCUT2D eigenvalue weighted by atomic mass is 10.1. The third-order valence-corrected chi connectivity index (χ3v) is 2.98. The summed E-state index contributed by atoms with van der Waals surface area (Å²) in [5, 5.41) is 3.10. The molecule has 18 heavy (non-hydrogen) atoms. The van der Waals surface area contributed by atoms with Gasteiger partial charge in [-0.25, -0.2) is 8.78 Å². The molecule has 2 aromatic rings. The lowest BCUT2D eigenvalue weighted by molar-refractivity contribution is 0.600. The van der Waals surface area contributed by atoms with Crippen molar-refractivity contribution in [2.45, 2.75) is 13.0 Å². The Kier molecular flexibility index (Phi) is 3.82. The van der Waals surface area contributed by atoms with Crippen LogP contribution in [0.1, 0.15) is 18.5 Å². The molecule has 0 bridgehead atoms. The van der Waals surface area contributed by atoms with E-state index in [-0.39, 0.29) is 16.9 Å². The third-order valence-electron chi connectivity index (χ3n) is 2.67. The number of hydrogen-bond donors (Lipinski definition) is 1. The molecule has 1 nitrogen and oxygen atoms in total. The van der Waals surface area contributed by atoms with Gasteiger partial charge in [-0.3, -0.25) is 0 Å². The van der Waals surface area contributed by atoms with Crippen LogP contribution in [0.5, 0.6) is 0 Å². The molecule has 0 aliphatic rings. The molecule has 0 saturated heterocycles. The molecule has 0 radical (unpaired) electrons. The van der Waals surface area contributed by atoms with Crippen LogP contribution in [0.15, 0.2) is 42.5 Å². The first-order chi connectivity index (χ1) is 8.58. The van der Waals surface area contributed by atoms with E-state index in [1.54, 1.807) is 24.3 Å². The van der Waals surface area contributed by atoms with Crippen molar-refractivity contribution in [1.82, 2.24) is 0 Å². The minimum absolute atomic E-state index is 0.0686. The normalized spacial score (nSPS) is 12.2. The van der Waals surface area contributed by atoms with Crippen LogP contribution < -0.4 is 5.32 Å². The van der Waals surface area contributed by atoms with E-state index in [0.29, 0.717) is 11.3 Å². The lowest BCUT2D eigenvalue weighted by Gasteiger charge is -2.16. The van der Waals surface area contributed by atoms with Crippen molar-refractivity contribution < 1.29 is 8.78 Å². The van der Waals surface area contributed by atoms with Crippen LogP contribution in [0.4, 0.5) is 14.5 Å². The van der Waals surface area contributed by atoms with Crippen LogP contribution >= 0.6 is 11.6 Å². The average Bonchev–Trinajstić information content (AvgIpc) is 2.34. The molecule has 0 aliphatic heterocycles. The highest BCUT2D eigenvalue weighted by molar-refractivity contribution is 6.30. The fourth-order valence-electron chi connectivity index (χ4n) is 1.74. The molecule has 0 fully saturated rings. The van der Waals surface area contributed by atoms with Crippen LogP contribution in [-0.4, -0.2) is 0 Å². The van der Waals surface area contributed by atoms with Crippen molar-refractivity contribution in [2.75, 3.05) is 5.32 Å². The van der Waals surface area contributed by atoms with Gasteiger partial charge in [-0.2, -0.15) is 0 Å². The van der Waals surface area contributed by atoms with Gasteiger partial charge in [0.25, 0.3) is 0 Å². The van der Waals surface area contributed by atoms with Crippen LogP contribution in [0.3, 0.4) is 0 Å². The molecule has 94 valence electrons. The summed E-state index contributed by atoms with van der Waals surface area (Å²) >= 11 is 5.60. The lowest BCUT2D eigenvalue weighted by Crippen LogP contribution is -2.08. The second-order valence-electron chi connectivity index (χ2n) is 4.02. The number of hydrogen-bond acceptors (Lipinski definition) is 1. The SMILES string of the molecule is CC(Nc1ccc(Cl)c(F)c1)c1ccccc1F. The minimum Gasteiger partial charge on any atom is -0.378 e. The first-order valence-electron chi connectivity index (χ1n) is 5.54. The fraction of sp³-hybridized carbons (Fsp3) is 0.143. The summed E-state index contributed by atoms with van der Waals surface area (Å²) in [4.78, 5) is 0. The van der Waals surface area contributed by atoms with Crippen LogP contribution in [0.25, 0.3) is 0 Å². The number of anilines is 1. The van der Waals surface area contributed by atoms with E-state index in [4.69, 9.17) is 11.6 Å². The zero-order valence-electron chi connectivity index (χ0n) is 9.75. The standard InChI is InChI=1S/C14H12ClF2N/c1-9(11-4-2-3-5-13(11)16)18-10-6-7-12(15)14(17)8-10/h2-9,18H,1H3. The molecular formula is C14H12ClF2N. The average molecular weight is 268 g/mol. The van der Waals surface area contributed by atoms with Gasteiger partial charge in [-0.15, -0.1) is 0 Å². The van der Waals surface area contributed by atoms with Gasteiger partial charge in [0.15, 0.2) is 0 Å². The summed E-state index contributed by atoms with van der Waals surface area (Å²) in [6, 6.07) is 10.6. The van der Waals surface area contributed by atoms with Gasteiger partial charge in [0, 0.05) is 11.3 Å². The van der Waals surface area contributed by atoms with E-state index in [0.717, 1.165) is 0 Å². The third kappa shape index (κ3) is 2.79. The Balaban J connectivity index is 2.19. The molecule has 0 aromatic heterocycles. The van der Waals surface area contributed by atoms with E-state index in [2.05, 4.69) is 5.32 Å². The summed E-state index contributed by atoms with van der Waals surface area (Å²) in [5.74, 6) is -0.783. The number of nitrogens with one attached hydrogen (secondary N) is 1. The zero-order valence-corrected chi connectivity index (χ0v) is 10.5. The first kappa shape index (κ1) is 12.8. The maximum atomic E-state index is 13.6. The predicted octanol–water partition coefficient (Wildman–Crippen LogP) is 4.79. The summed E-state index contributed by atoms with van der Waals surface area (Å²) in [6.45, 7) is 1.81. The first-order valence-corrected chi connectivity index (χ1v) is 5.91. The molecule has 0 saturated carbocycles. The van der Waals surface area contributed by atoms with Crippen LogP contribution in [-0.2, 0) is 0 Å². The molecule has 2 aromatic carbocycles. The summed E-state index contributed by atoms with van der Waals surface area (Å²) in [5.41, 5.74) is 1.10. The van der Waals surface area contributed by atoms with E-state index in [9.17, 15) is 8.78 Å². The van der Waals surface area contributed by atoms with Crippen molar-refractivity contribution >= 4 is 17.3 Å². The van der Waals surface area contributed by atoms with Gasteiger partial charge in [0.2, 0.25) is 0 Å². The number of rotatable bonds is 3. The Morgan fingerprint density at radius 3 is 2.44 bits per heavy atom. The highest BCUT2D eigenvalue weighted by Gasteiger charge is 2.10. The van der Waals surface area contributed by atoms with Gasteiger partial charge in [0.05, 0.1) is 11.1 Å². The van der Waals surface area contributed by atoms with E-state index in [1.807, 2.05) is 6.92 Å². The van der Waals surface area contributed by atoms with Crippen molar-refractivity contribution in [2.24, 2.45) is 0 Å². The molecule has 0 amide bonds. The maximum Gasteiger partial charge on any atom is 0.143 e. The Morgan fingerprint density at radius 1 is 1.06 bits per heavy atom. The molecule has 2 rings (SSSR count). The number of benzene rings is 2. The van der Waals surface area contributed by atoms with Crippen molar-refractivity contribution in [1.29, 1.82) is 0 Å². The monoisotopic (exact) mass is 267 g/mol. The van der Waals surface area contributed by atoms with E-state index < -0.39 is 5.82 Å². The molecule has 1 atom stereocenters. The fourth-order valence-corrected chi connectivity index (χ4v) is 1.86. The summed E-state index contributed by atoms with van der Waals surface area (Å²) < 4.78 is 26.8. The quantitative estimate of drug-likeness (QED) is 0.843. The molecular weight excluding hydrogens is 256 g/mol. The van der Waals surface area contributed by atoms with Gasteiger partial charge < -0.3 is 5.32 Å². The molecule has 0 aliphatic carbocycles. The van der Waals surface area contributed by atoms with Gasteiger partial charge in [-0.1, -0.05) is 29.8 Å². The summed E-state index contributed by atoms with van der Waals surface area (Å²) in [7, 11) is 0. The van der Waals surface area contributed by atoms with Crippen LogP contribution in [0.2, 0.25) is 5.02 Å².